The van der Waals surface area contributed by atoms with Gasteiger partial charge in [-0.2, -0.15) is 5.10 Å². The lowest BCUT2D eigenvalue weighted by atomic mass is 10.1. The molecule has 0 atom stereocenters. The van der Waals surface area contributed by atoms with E-state index >= 15 is 0 Å². The number of carbonyl (C=O) groups is 1. The standard InChI is InChI=1S/C27H28N6O4/c1-17-14-18(2)33(32-17)25-12-11-24(30-31-25)28-20-7-9-21(10-8-20)29-26(34)13-6-19-15-22(35-3)27(37-5)23(16-19)36-4/h6-16H,1-5H3,(H,28,30)(H,29,34)/b13-6+. The summed E-state index contributed by atoms with van der Waals surface area (Å²) in [6.45, 7) is 3.91. The van der Waals surface area contributed by atoms with Gasteiger partial charge in [-0.1, -0.05) is 0 Å². The molecule has 2 N–H and O–H groups in total. The summed E-state index contributed by atoms with van der Waals surface area (Å²) in [6, 6.07) is 16.5. The van der Waals surface area contributed by atoms with Crippen LogP contribution in [-0.4, -0.2) is 47.2 Å². The summed E-state index contributed by atoms with van der Waals surface area (Å²) >= 11 is 0. The number of hydrogen-bond donors (Lipinski definition) is 2. The van der Waals surface area contributed by atoms with Crippen LogP contribution in [-0.2, 0) is 4.79 Å². The normalized spacial score (nSPS) is 10.8. The van der Waals surface area contributed by atoms with Crippen molar-refractivity contribution in [1.29, 1.82) is 0 Å². The number of aryl methyl sites for hydroxylation is 2. The number of anilines is 3. The van der Waals surface area contributed by atoms with Crippen molar-refractivity contribution >= 4 is 29.2 Å². The second-order valence-corrected chi connectivity index (χ2v) is 8.10. The van der Waals surface area contributed by atoms with Gasteiger partial charge in [0, 0.05) is 23.1 Å². The molecule has 4 rings (SSSR count). The highest BCUT2D eigenvalue weighted by Gasteiger charge is 2.12. The lowest BCUT2D eigenvalue weighted by Crippen LogP contribution is -2.07. The first kappa shape index (κ1) is 25.2. The smallest absolute Gasteiger partial charge is 0.248 e. The number of aromatic nitrogens is 4. The molecule has 0 saturated heterocycles. The van der Waals surface area contributed by atoms with Crippen molar-refractivity contribution in [1.82, 2.24) is 20.0 Å². The average Bonchev–Trinajstić information content (AvgIpc) is 3.25. The molecule has 2 heterocycles. The molecule has 0 fully saturated rings. The summed E-state index contributed by atoms with van der Waals surface area (Å²) < 4.78 is 17.8. The van der Waals surface area contributed by atoms with Crippen LogP contribution in [0, 0.1) is 13.8 Å². The van der Waals surface area contributed by atoms with E-state index in [-0.39, 0.29) is 5.91 Å². The Labute approximate surface area is 214 Å². The fraction of sp³-hybridized carbons (Fsp3) is 0.185. The van der Waals surface area contributed by atoms with Crippen molar-refractivity contribution in [2.45, 2.75) is 13.8 Å². The molecule has 0 aliphatic rings. The number of nitrogens with one attached hydrogen (secondary N) is 2. The number of carbonyl (C=O) groups excluding carboxylic acids is 1. The highest BCUT2D eigenvalue weighted by atomic mass is 16.5. The summed E-state index contributed by atoms with van der Waals surface area (Å²) in [5.41, 5.74) is 4.10. The van der Waals surface area contributed by atoms with Crippen LogP contribution >= 0.6 is 0 Å². The Hall–Kier alpha value is -4.86. The molecule has 0 spiro atoms. The van der Waals surface area contributed by atoms with Gasteiger partial charge in [0.15, 0.2) is 23.1 Å². The molecule has 1 amide bonds. The van der Waals surface area contributed by atoms with E-state index in [9.17, 15) is 4.79 Å². The molecule has 4 aromatic rings. The molecule has 0 saturated carbocycles. The minimum absolute atomic E-state index is 0.278. The van der Waals surface area contributed by atoms with Crippen molar-refractivity contribution < 1.29 is 19.0 Å². The lowest BCUT2D eigenvalue weighted by Gasteiger charge is -2.12. The summed E-state index contributed by atoms with van der Waals surface area (Å²) in [5, 5.41) is 18.9. The third kappa shape index (κ3) is 6.04. The number of ether oxygens (including phenoxy) is 3. The van der Waals surface area contributed by atoms with Crippen LogP contribution < -0.4 is 24.8 Å². The number of rotatable bonds is 9. The van der Waals surface area contributed by atoms with Gasteiger partial charge in [-0.15, -0.1) is 10.2 Å². The summed E-state index contributed by atoms with van der Waals surface area (Å²) in [6.07, 6.45) is 3.11. The fourth-order valence-corrected chi connectivity index (χ4v) is 3.70. The Morgan fingerprint density at radius 1 is 0.865 bits per heavy atom. The van der Waals surface area contributed by atoms with Gasteiger partial charge >= 0.3 is 0 Å². The van der Waals surface area contributed by atoms with Gasteiger partial charge in [-0.3, -0.25) is 4.79 Å². The number of hydrogen-bond acceptors (Lipinski definition) is 8. The maximum absolute atomic E-state index is 12.4. The number of benzene rings is 2. The van der Waals surface area contributed by atoms with E-state index in [0.29, 0.717) is 34.6 Å². The van der Waals surface area contributed by atoms with Gasteiger partial charge in [0.25, 0.3) is 0 Å². The van der Waals surface area contributed by atoms with Crippen molar-refractivity contribution in [3.05, 3.63) is 77.6 Å². The average molecular weight is 501 g/mol. The van der Waals surface area contributed by atoms with Gasteiger partial charge in [-0.05, 0) is 80.1 Å². The Kier molecular flexibility index (Phi) is 7.68. The quantitative estimate of drug-likeness (QED) is 0.318. The Bertz CT molecular complexity index is 1390. The van der Waals surface area contributed by atoms with E-state index in [1.54, 1.807) is 49.2 Å². The van der Waals surface area contributed by atoms with E-state index in [1.165, 1.54) is 13.2 Å². The predicted octanol–water partition coefficient (Wildman–Crippen LogP) is 4.70. The molecule has 0 unspecified atom stereocenters. The Morgan fingerprint density at radius 3 is 2.08 bits per heavy atom. The molecule has 10 nitrogen and oxygen atoms in total. The van der Waals surface area contributed by atoms with E-state index < -0.39 is 0 Å². The molecular formula is C27H28N6O4. The third-order valence-corrected chi connectivity index (χ3v) is 5.42. The van der Waals surface area contributed by atoms with E-state index in [0.717, 1.165) is 22.6 Å². The molecule has 0 bridgehead atoms. The highest BCUT2D eigenvalue weighted by molar-refractivity contribution is 6.02. The van der Waals surface area contributed by atoms with Crippen molar-refractivity contribution in [3.8, 4) is 23.1 Å². The molecule has 190 valence electrons. The van der Waals surface area contributed by atoms with E-state index in [2.05, 4.69) is 25.9 Å². The van der Waals surface area contributed by atoms with Gasteiger partial charge in [0.2, 0.25) is 11.7 Å². The van der Waals surface area contributed by atoms with Crippen LogP contribution in [0.3, 0.4) is 0 Å². The van der Waals surface area contributed by atoms with Crippen LogP contribution in [0.2, 0.25) is 0 Å². The zero-order valence-electron chi connectivity index (χ0n) is 21.3. The van der Waals surface area contributed by atoms with Crippen LogP contribution in [0.1, 0.15) is 17.0 Å². The van der Waals surface area contributed by atoms with E-state index in [4.69, 9.17) is 14.2 Å². The van der Waals surface area contributed by atoms with Gasteiger partial charge in [-0.25, -0.2) is 4.68 Å². The summed E-state index contributed by atoms with van der Waals surface area (Å²) in [4.78, 5) is 12.4. The monoisotopic (exact) mass is 500 g/mol. The van der Waals surface area contributed by atoms with Crippen LogP contribution in [0.5, 0.6) is 17.2 Å². The minimum Gasteiger partial charge on any atom is -0.493 e. The minimum atomic E-state index is -0.278. The first-order valence-corrected chi connectivity index (χ1v) is 11.4. The van der Waals surface area contributed by atoms with Gasteiger partial charge in [0.1, 0.15) is 0 Å². The summed E-state index contributed by atoms with van der Waals surface area (Å²) in [5.74, 6) is 2.47. The second kappa shape index (κ2) is 11.3. The van der Waals surface area contributed by atoms with Crippen LogP contribution in [0.4, 0.5) is 17.2 Å². The third-order valence-electron chi connectivity index (χ3n) is 5.42. The highest BCUT2D eigenvalue weighted by Crippen LogP contribution is 2.38. The molecule has 37 heavy (non-hydrogen) atoms. The molecule has 2 aromatic carbocycles. The maximum atomic E-state index is 12.4. The number of nitrogens with zero attached hydrogens (tertiary/aromatic N) is 4. The Morgan fingerprint density at radius 2 is 1.54 bits per heavy atom. The number of methoxy groups -OCH3 is 3. The molecule has 0 aliphatic carbocycles. The molecule has 0 aliphatic heterocycles. The van der Waals surface area contributed by atoms with Gasteiger partial charge < -0.3 is 24.8 Å². The zero-order valence-corrected chi connectivity index (χ0v) is 21.3. The molecule has 10 heteroatoms. The van der Waals surface area contributed by atoms with Gasteiger partial charge in [0.05, 0.1) is 27.0 Å². The first-order valence-electron chi connectivity index (χ1n) is 11.4. The molecule has 0 radical (unpaired) electrons. The first-order chi connectivity index (χ1) is 17.9. The summed E-state index contributed by atoms with van der Waals surface area (Å²) in [7, 11) is 4.62. The zero-order chi connectivity index (χ0) is 26.4. The topological polar surface area (TPSA) is 112 Å². The predicted molar refractivity (Wildman–Crippen MR) is 142 cm³/mol. The van der Waals surface area contributed by atoms with E-state index in [1.807, 2.05) is 44.2 Å². The maximum Gasteiger partial charge on any atom is 0.248 e. The van der Waals surface area contributed by atoms with Crippen molar-refractivity contribution in [2.24, 2.45) is 0 Å². The lowest BCUT2D eigenvalue weighted by molar-refractivity contribution is -0.111. The molecule has 2 aromatic heterocycles. The molecular weight excluding hydrogens is 472 g/mol. The van der Waals surface area contributed by atoms with Crippen LogP contribution in [0.25, 0.3) is 11.9 Å². The van der Waals surface area contributed by atoms with Crippen molar-refractivity contribution in [2.75, 3.05) is 32.0 Å². The fourth-order valence-electron chi connectivity index (χ4n) is 3.70. The second-order valence-electron chi connectivity index (χ2n) is 8.10. The van der Waals surface area contributed by atoms with Crippen molar-refractivity contribution in [3.63, 3.8) is 0 Å². The number of amides is 1. The van der Waals surface area contributed by atoms with Crippen LogP contribution in [0.15, 0.2) is 60.7 Å². The largest absolute Gasteiger partial charge is 0.493 e. The Balaban J connectivity index is 1.37. The SMILES string of the molecule is COc1cc(/C=C/C(=O)Nc2ccc(Nc3ccc(-n4nc(C)cc4C)nn3)cc2)cc(OC)c1OC.